The summed E-state index contributed by atoms with van der Waals surface area (Å²) in [4.78, 5) is 23.7. The van der Waals surface area contributed by atoms with Crippen LogP contribution in [0.2, 0.25) is 0 Å². The highest BCUT2D eigenvalue weighted by molar-refractivity contribution is 7.08. The summed E-state index contributed by atoms with van der Waals surface area (Å²) < 4.78 is 0. The van der Waals surface area contributed by atoms with Gasteiger partial charge in [0.2, 0.25) is 5.91 Å². The first-order chi connectivity index (χ1) is 6.27. The van der Waals surface area contributed by atoms with Crippen LogP contribution in [0.15, 0.2) is 16.8 Å². The number of anilines is 1. The Morgan fingerprint density at radius 2 is 2.31 bits per heavy atom. The molecule has 0 spiro atoms. The van der Waals surface area contributed by atoms with Gasteiger partial charge in [-0.3, -0.25) is 15.0 Å². The van der Waals surface area contributed by atoms with Gasteiger partial charge in [-0.1, -0.05) is 0 Å². The van der Waals surface area contributed by atoms with E-state index in [4.69, 9.17) is 0 Å². The van der Waals surface area contributed by atoms with Crippen LogP contribution in [-0.2, 0) is 4.79 Å². The van der Waals surface area contributed by atoms with E-state index in [9.17, 15) is 9.59 Å². The number of amides is 3. The molecule has 0 aromatic carbocycles. The number of nitrogens with zero attached hydrogens (tertiary/aromatic N) is 1. The van der Waals surface area contributed by atoms with Gasteiger partial charge >= 0.3 is 6.03 Å². The molecule has 1 saturated heterocycles. The molecular weight excluding hydrogens is 188 g/mol. The molecule has 0 radical (unpaired) electrons. The fraction of sp³-hybridized carbons (Fsp3) is 0.250. The van der Waals surface area contributed by atoms with Gasteiger partial charge in [-0.15, -0.1) is 0 Å². The summed E-state index contributed by atoms with van der Waals surface area (Å²) >= 11 is 1.53. The monoisotopic (exact) mass is 196 g/mol. The largest absolute Gasteiger partial charge is 0.328 e. The van der Waals surface area contributed by atoms with Gasteiger partial charge in [-0.05, 0) is 11.4 Å². The Kier molecular flexibility index (Phi) is 2.02. The second-order valence-corrected chi connectivity index (χ2v) is 3.52. The summed E-state index contributed by atoms with van der Waals surface area (Å²) in [5.41, 5.74) is 0.856. The van der Waals surface area contributed by atoms with Crippen LogP contribution in [0.3, 0.4) is 0 Å². The quantitative estimate of drug-likeness (QED) is 0.733. The molecule has 3 amide bonds. The lowest BCUT2D eigenvalue weighted by atomic mass is 10.3. The lowest BCUT2D eigenvalue weighted by molar-refractivity contribution is -0.120. The van der Waals surface area contributed by atoms with Gasteiger partial charge in [-0.25, -0.2) is 4.79 Å². The Hall–Kier alpha value is -1.36. The molecule has 0 bridgehead atoms. The summed E-state index contributed by atoms with van der Waals surface area (Å²) in [7, 11) is 0. The maximum atomic E-state index is 11.3. The summed E-state index contributed by atoms with van der Waals surface area (Å²) in [6.07, 6.45) is 0.377. The molecular formula is C8H8N2O2S. The zero-order valence-corrected chi connectivity index (χ0v) is 7.63. The Morgan fingerprint density at radius 1 is 1.46 bits per heavy atom. The van der Waals surface area contributed by atoms with Crippen LogP contribution in [0.5, 0.6) is 0 Å². The number of urea groups is 1. The third-order valence-corrected chi connectivity index (χ3v) is 2.54. The summed E-state index contributed by atoms with van der Waals surface area (Å²) in [6, 6.07) is 1.54. The second kappa shape index (κ2) is 3.18. The van der Waals surface area contributed by atoms with Crippen LogP contribution >= 0.6 is 11.3 Å². The summed E-state index contributed by atoms with van der Waals surface area (Å²) in [5, 5.41) is 6.06. The summed E-state index contributed by atoms with van der Waals surface area (Å²) in [5.74, 6) is -0.198. The van der Waals surface area contributed by atoms with Gasteiger partial charge in [0.15, 0.2) is 0 Å². The summed E-state index contributed by atoms with van der Waals surface area (Å²) in [6.45, 7) is 0.474. The van der Waals surface area contributed by atoms with Crippen LogP contribution in [-0.4, -0.2) is 18.5 Å². The minimum Gasteiger partial charge on any atom is -0.293 e. The third-order valence-electron chi connectivity index (χ3n) is 1.87. The smallest absolute Gasteiger partial charge is 0.293 e. The van der Waals surface area contributed by atoms with Crippen molar-refractivity contribution in [1.82, 2.24) is 5.32 Å². The van der Waals surface area contributed by atoms with Gasteiger partial charge < -0.3 is 0 Å². The Bertz CT molecular complexity index is 334. The highest BCUT2D eigenvalue weighted by Crippen LogP contribution is 2.19. The van der Waals surface area contributed by atoms with E-state index in [1.165, 1.54) is 11.3 Å². The van der Waals surface area contributed by atoms with E-state index in [2.05, 4.69) is 5.32 Å². The van der Waals surface area contributed by atoms with Crippen molar-refractivity contribution in [2.45, 2.75) is 6.42 Å². The molecule has 2 rings (SSSR count). The van der Waals surface area contributed by atoms with Gasteiger partial charge in [0.25, 0.3) is 0 Å². The minimum absolute atomic E-state index is 0.198. The molecule has 1 N–H and O–H groups in total. The molecule has 1 aromatic heterocycles. The van der Waals surface area contributed by atoms with Gasteiger partial charge in [0.05, 0.1) is 5.69 Å². The maximum absolute atomic E-state index is 11.3. The third kappa shape index (κ3) is 1.55. The predicted octanol–water partition coefficient (Wildman–Crippen LogP) is 1.19. The Morgan fingerprint density at radius 3 is 2.92 bits per heavy atom. The lowest BCUT2D eigenvalue weighted by Gasteiger charge is -2.25. The van der Waals surface area contributed by atoms with E-state index in [-0.39, 0.29) is 11.9 Å². The van der Waals surface area contributed by atoms with E-state index in [1.807, 2.05) is 16.8 Å². The van der Waals surface area contributed by atoms with Crippen molar-refractivity contribution in [3.05, 3.63) is 16.8 Å². The zero-order valence-electron chi connectivity index (χ0n) is 6.82. The molecule has 0 unspecified atom stereocenters. The normalized spacial score (nSPS) is 17.4. The van der Waals surface area contributed by atoms with E-state index in [0.717, 1.165) is 5.69 Å². The van der Waals surface area contributed by atoms with Crippen molar-refractivity contribution in [3.63, 3.8) is 0 Å². The number of rotatable bonds is 1. The second-order valence-electron chi connectivity index (χ2n) is 2.74. The maximum Gasteiger partial charge on any atom is 0.328 e. The standard InChI is InChI=1S/C8H8N2O2S/c11-7-1-3-10(8(12)9-7)6-2-4-13-5-6/h2,4-5H,1,3H2,(H,9,11,12). The van der Waals surface area contributed by atoms with Gasteiger partial charge in [-0.2, -0.15) is 11.3 Å². The van der Waals surface area contributed by atoms with Crippen LogP contribution in [0, 0.1) is 0 Å². The van der Waals surface area contributed by atoms with Crippen molar-refractivity contribution >= 4 is 29.0 Å². The van der Waals surface area contributed by atoms with Crippen molar-refractivity contribution in [1.29, 1.82) is 0 Å². The van der Waals surface area contributed by atoms with Crippen molar-refractivity contribution in [2.24, 2.45) is 0 Å². The number of carbonyl (C=O) groups is 2. The molecule has 1 aliphatic rings. The molecule has 0 aliphatic carbocycles. The highest BCUT2D eigenvalue weighted by Gasteiger charge is 2.23. The molecule has 1 aliphatic heterocycles. The fourth-order valence-corrected chi connectivity index (χ4v) is 1.86. The van der Waals surface area contributed by atoms with Crippen LogP contribution in [0.4, 0.5) is 10.5 Å². The lowest BCUT2D eigenvalue weighted by Crippen LogP contribution is -2.49. The molecule has 0 atom stereocenters. The minimum atomic E-state index is -0.324. The molecule has 0 saturated carbocycles. The SMILES string of the molecule is O=C1CCN(c2ccsc2)C(=O)N1. The molecule has 1 aromatic rings. The molecule has 13 heavy (non-hydrogen) atoms. The topological polar surface area (TPSA) is 49.4 Å². The van der Waals surface area contributed by atoms with Crippen LogP contribution in [0.1, 0.15) is 6.42 Å². The Labute approximate surface area is 79.2 Å². The average molecular weight is 196 g/mol. The van der Waals surface area contributed by atoms with Crippen LogP contribution < -0.4 is 10.2 Å². The Balaban J connectivity index is 2.17. The van der Waals surface area contributed by atoms with Crippen LogP contribution in [0.25, 0.3) is 0 Å². The number of nitrogens with one attached hydrogen (secondary N) is 1. The average Bonchev–Trinajstić information content (AvgIpc) is 2.56. The molecule has 68 valence electrons. The first kappa shape index (κ1) is 8.25. The predicted molar refractivity (Wildman–Crippen MR) is 49.8 cm³/mol. The molecule has 2 heterocycles. The molecule has 4 nitrogen and oxygen atoms in total. The number of imide groups is 1. The van der Waals surface area contributed by atoms with Gasteiger partial charge in [0.1, 0.15) is 0 Å². The van der Waals surface area contributed by atoms with Gasteiger partial charge in [0, 0.05) is 18.3 Å². The number of carbonyl (C=O) groups excluding carboxylic acids is 2. The fourth-order valence-electron chi connectivity index (χ4n) is 1.22. The molecule has 5 heteroatoms. The zero-order chi connectivity index (χ0) is 9.26. The number of hydrogen-bond acceptors (Lipinski definition) is 3. The van der Waals surface area contributed by atoms with E-state index < -0.39 is 0 Å². The highest BCUT2D eigenvalue weighted by atomic mass is 32.1. The van der Waals surface area contributed by atoms with E-state index in [0.29, 0.717) is 13.0 Å². The van der Waals surface area contributed by atoms with E-state index >= 15 is 0 Å². The van der Waals surface area contributed by atoms with Crippen molar-refractivity contribution in [3.8, 4) is 0 Å². The van der Waals surface area contributed by atoms with Crippen molar-refractivity contribution in [2.75, 3.05) is 11.4 Å². The first-order valence-corrected chi connectivity index (χ1v) is 4.85. The number of thiophene rings is 1. The first-order valence-electron chi connectivity index (χ1n) is 3.91. The molecule has 1 fully saturated rings. The number of hydrogen-bond donors (Lipinski definition) is 1. The van der Waals surface area contributed by atoms with Crippen molar-refractivity contribution < 1.29 is 9.59 Å². The van der Waals surface area contributed by atoms with E-state index in [1.54, 1.807) is 4.90 Å².